The van der Waals surface area contributed by atoms with Gasteiger partial charge in [0.1, 0.15) is 11.8 Å². The second-order valence-electron chi connectivity index (χ2n) is 5.08. The third-order valence-electron chi connectivity index (χ3n) is 3.75. The van der Waals surface area contributed by atoms with Crippen LogP contribution >= 0.6 is 0 Å². The Hall–Kier alpha value is -2.56. The van der Waals surface area contributed by atoms with E-state index in [0.717, 1.165) is 24.8 Å². The van der Waals surface area contributed by atoms with Crippen molar-refractivity contribution in [2.45, 2.75) is 25.4 Å². The van der Waals surface area contributed by atoms with Gasteiger partial charge in [0.25, 0.3) is 0 Å². The van der Waals surface area contributed by atoms with Crippen LogP contribution in [0.4, 0.5) is 5.69 Å². The lowest BCUT2D eigenvalue weighted by Crippen LogP contribution is -2.17. The highest BCUT2D eigenvalue weighted by molar-refractivity contribution is 5.94. The van der Waals surface area contributed by atoms with Gasteiger partial charge in [-0.1, -0.05) is 24.3 Å². The minimum atomic E-state index is -1.08. The minimum Gasteiger partial charge on any atom is -0.478 e. The molecular weight excluding hydrogens is 268 g/mol. The van der Waals surface area contributed by atoms with Gasteiger partial charge < -0.3 is 15.6 Å². The molecule has 3 N–H and O–H groups in total. The molecule has 1 atom stereocenters. The van der Waals surface area contributed by atoms with Crippen LogP contribution in [0.25, 0.3) is 0 Å². The third-order valence-corrected chi connectivity index (χ3v) is 3.75. The van der Waals surface area contributed by atoms with Crippen LogP contribution < -0.4 is 10.5 Å². The first-order valence-electron chi connectivity index (χ1n) is 6.89. The molecule has 0 radical (unpaired) electrons. The van der Waals surface area contributed by atoms with Gasteiger partial charge in [0.05, 0.1) is 5.56 Å². The van der Waals surface area contributed by atoms with E-state index in [9.17, 15) is 4.79 Å². The zero-order chi connectivity index (χ0) is 14.8. The molecule has 0 amide bonds. The van der Waals surface area contributed by atoms with Gasteiger partial charge in [-0.3, -0.25) is 0 Å². The van der Waals surface area contributed by atoms with E-state index >= 15 is 0 Å². The summed E-state index contributed by atoms with van der Waals surface area (Å²) in [5, 5.41) is 9.09. The second-order valence-corrected chi connectivity index (χ2v) is 5.08. The Labute approximate surface area is 122 Å². The summed E-state index contributed by atoms with van der Waals surface area (Å²) in [6, 6.07) is 9.49. The summed E-state index contributed by atoms with van der Waals surface area (Å²) in [7, 11) is 0. The van der Waals surface area contributed by atoms with E-state index in [1.54, 1.807) is 0 Å². The van der Waals surface area contributed by atoms with E-state index in [1.807, 2.05) is 18.2 Å². The van der Waals surface area contributed by atoms with Crippen molar-refractivity contribution in [1.82, 2.24) is 4.98 Å². The number of hydrogen-bond acceptors (Lipinski definition) is 4. The van der Waals surface area contributed by atoms with E-state index in [1.165, 1.54) is 17.8 Å². The van der Waals surface area contributed by atoms with Crippen molar-refractivity contribution in [2.24, 2.45) is 0 Å². The van der Waals surface area contributed by atoms with Crippen molar-refractivity contribution in [2.75, 3.05) is 5.73 Å². The molecule has 3 rings (SSSR count). The maximum Gasteiger partial charge on any atom is 0.338 e. The van der Waals surface area contributed by atoms with E-state index in [2.05, 4.69) is 11.1 Å². The van der Waals surface area contributed by atoms with Gasteiger partial charge in [-0.05, 0) is 36.5 Å². The van der Waals surface area contributed by atoms with Crippen molar-refractivity contribution in [3.05, 3.63) is 53.2 Å². The highest BCUT2D eigenvalue weighted by Crippen LogP contribution is 2.35. The van der Waals surface area contributed by atoms with Crippen molar-refractivity contribution >= 4 is 11.7 Å². The average Bonchev–Trinajstić information content (AvgIpc) is 2.49. The van der Waals surface area contributed by atoms with Gasteiger partial charge in [0.2, 0.25) is 5.88 Å². The van der Waals surface area contributed by atoms with E-state index in [-0.39, 0.29) is 23.2 Å². The van der Waals surface area contributed by atoms with Crippen molar-refractivity contribution in [3.8, 4) is 5.88 Å². The SMILES string of the molecule is Nc1c(C(=O)O)ccnc1OC1CCCc2ccccc21. The van der Waals surface area contributed by atoms with Crippen LogP contribution in [0.3, 0.4) is 0 Å². The van der Waals surface area contributed by atoms with E-state index < -0.39 is 5.97 Å². The lowest BCUT2D eigenvalue weighted by molar-refractivity contribution is 0.0697. The minimum absolute atomic E-state index is 0.0177. The van der Waals surface area contributed by atoms with Gasteiger partial charge in [0.15, 0.2) is 0 Å². The van der Waals surface area contributed by atoms with Gasteiger partial charge in [-0.2, -0.15) is 0 Å². The zero-order valence-corrected chi connectivity index (χ0v) is 11.5. The molecule has 1 aromatic heterocycles. The Morgan fingerprint density at radius 1 is 1.33 bits per heavy atom. The average molecular weight is 284 g/mol. The molecule has 0 saturated carbocycles. The number of fused-ring (bicyclic) bond motifs is 1. The summed E-state index contributed by atoms with van der Waals surface area (Å²) < 4.78 is 5.90. The standard InChI is InChI=1S/C16H16N2O3/c17-14-12(16(19)20)8-9-18-15(14)21-13-7-3-5-10-4-1-2-6-11(10)13/h1-2,4,6,8-9,13H,3,5,7,17H2,(H,19,20). The van der Waals surface area contributed by atoms with Crippen molar-refractivity contribution in [1.29, 1.82) is 0 Å². The highest BCUT2D eigenvalue weighted by Gasteiger charge is 2.23. The summed E-state index contributed by atoms with van der Waals surface area (Å²) in [4.78, 5) is 15.2. The van der Waals surface area contributed by atoms with Crippen LogP contribution in [0.15, 0.2) is 36.5 Å². The molecule has 5 heteroatoms. The largest absolute Gasteiger partial charge is 0.478 e. The number of rotatable bonds is 3. The molecule has 1 aromatic carbocycles. The fourth-order valence-electron chi connectivity index (χ4n) is 2.70. The van der Waals surface area contributed by atoms with E-state index in [4.69, 9.17) is 15.6 Å². The molecule has 1 aliphatic carbocycles. The van der Waals surface area contributed by atoms with Crippen molar-refractivity contribution < 1.29 is 14.6 Å². The molecule has 1 heterocycles. The zero-order valence-electron chi connectivity index (χ0n) is 11.5. The first-order valence-corrected chi connectivity index (χ1v) is 6.89. The summed E-state index contributed by atoms with van der Waals surface area (Å²) in [5.41, 5.74) is 8.34. The summed E-state index contributed by atoms with van der Waals surface area (Å²) in [6.07, 6.45) is 4.21. The van der Waals surface area contributed by atoms with Crippen LogP contribution in [-0.4, -0.2) is 16.1 Å². The predicted octanol–water partition coefficient (Wildman–Crippen LogP) is 2.82. The molecule has 0 saturated heterocycles. The number of nitrogen functional groups attached to an aromatic ring is 1. The lowest BCUT2D eigenvalue weighted by Gasteiger charge is -2.26. The topological polar surface area (TPSA) is 85.4 Å². The Bertz CT molecular complexity index is 685. The van der Waals surface area contributed by atoms with Crippen LogP contribution in [0.2, 0.25) is 0 Å². The quantitative estimate of drug-likeness (QED) is 0.905. The molecule has 0 fully saturated rings. The molecule has 21 heavy (non-hydrogen) atoms. The number of nitrogens with zero attached hydrogens (tertiary/aromatic N) is 1. The number of nitrogens with two attached hydrogens (primary N) is 1. The number of carboxylic acid groups (broad SMARTS) is 1. The first kappa shape index (κ1) is 13.4. The predicted molar refractivity (Wildman–Crippen MR) is 78.4 cm³/mol. The maximum atomic E-state index is 11.1. The van der Waals surface area contributed by atoms with Gasteiger partial charge in [0, 0.05) is 6.20 Å². The Morgan fingerprint density at radius 2 is 2.14 bits per heavy atom. The van der Waals surface area contributed by atoms with Crippen LogP contribution in [0, 0.1) is 0 Å². The maximum absolute atomic E-state index is 11.1. The molecule has 1 unspecified atom stereocenters. The number of hydrogen-bond donors (Lipinski definition) is 2. The number of carboxylic acids is 1. The summed E-state index contributed by atoms with van der Waals surface area (Å²) >= 11 is 0. The fraction of sp³-hybridized carbons (Fsp3) is 0.250. The molecule has 1 aliphatic rings. The molecule has 0 spiro atoms. The fourth-order valence-corrected chi connectivity index (χ4v) is 2.70. The monoisotopic (exact) mass is 284 g/mol. The smallest absolute Gasteiger partial charge is 0.338 e. The van der Waals surface area contributed by atoms with Crippen LogP contribution in [0.1, 0.15) is 40.4 Å². The number of aryl methyl sites for hydroxylation is 1. The first-order chi connectivity index (χ1) is 10.2. The number of aromatic carboxylic acids is 1. The van der Waals surface area contributed by atoms with E-state index in [0.29, 0.717) is 0 Å². The molecule has 5 nitrogen and oxygen atoms in total. The lowest BCUT2D eigenvalue weighted by atomic mass is 9.89. The Morgan fingerprint density at radius 3 is 2.95 bits per heavy atom. The Kier molecular flexibility index (Phi) is 3.48. The normalized spacial score (nSPS) is 17.0. The van der Waals surface area contributed by atoms with Gasteiger partial charge in [-0.15, -0.1) is 0 Å². The number of benzene rings is 1. The Balaban J connectivity index is 1.92. The summed E-state index contributed by atoms with van der Waals surface area (Å²) in [6.45, 7) is 0. The van der Waals surface area contributed by atoms with Crippen molar-refractivity contribution in [3.63, 3.8) is 0 Å². The summed E-state index contributed by atoms with van der Waals surface area (Å²) in [5.74, 6) is -0.889. The molecule has 108 valence electrons. The van der Waals surface area contributed by atoms with Gasteiger partial charge in [-0.25, -0.2) is 9.78 Å². The molecule has 0 bridgehead atoms. The molecule has 2 aromatic rings. The van der Waals surface area contributed by atoms with Gasteiger partial charge >= 0.3 is 5.97 Å². The van der Waals surface area contributed by atoms with Crippen LogP contribution in [0.5, 0.6) is 5.88 Å². The second kappa shape index (κ2) is 5.44. The van der Waals surface area contributed by atoms with Crippen LogP contribution in [-0.2, 0) is 6.42 Å². The number of ether oxygens (including phenoxy) is 1. The molecule has 0 aliphatic heterocycles. The number of pyridine rings is 1. The number of anilines is 1. The third kappa shape index (κ3) is 2.54. The number of carbonyl (C=O) groups is 1. The number of aromatic nitrogens is 1. The highest BCUT2D eigenvalue weighted by atomic mass is 16.5. The molecular formula is C16H16N2O3.